The Morgan fingerprint density at radius 1 is 0.367 bits per heavy atom. The summed E-state index contributed by atoms with van der Waals surface area (Å²) < 4.78 is 86.4. The van der Waals surface area contributed by atoms with Crippen molar-refractivity contribution in [2.45, 2.75) is 0 Å². The van der Waals surface area contributed by atoms with E-state index in [4.69, 9.17) is 14.0 Å². The lowest BCUT2D eigenvalue weighted by molar-refractivity contribution is 0.669. The molecule has 0 spiro atoms. The summed E-state index contributed by atoms with van der Waals surface area (Å²) in [5.41, 5.74) is 5.09. The summed E-state index contributed by atoms with van der Waals surface area (Å²) >= 11 is 0. The van der Waals surface area contributed by atoms with Crippen molar-refractivity contribution >= 4 is 54.3 Å². The minimum absolute atomic E-state index is 0.0425. The minimum atomic E-state index is -0.598. The number of furan rings is 1. The molecule has 0 saturated carbocycles. The molecule has 10 rings (SSSR count). The van der Waals surface area contributed by atoms with Crippen LogP contribution < -0.4 is 0 Å². The van der Waals surface area contributed by atoms with Gasteiger partial charge in [-0.15, -0.1) is 0 Å². The zero-order valence-electron chi connectivity index (χ0n) is 35.0. The average molecular weight is 632 g/mol. The van der Waals surface area contributed by atoms with Gasteiger partial charge in [0.1, 0.15) is 11.2 Å². The Morgan fingerprint density at radius 3 is 1.82 bits per heavy atom. The lowest BCUT2D eigenvalue weighted by atomic mass is 9.82. The molecule has 49 heavy (non-hydrogen) atoms. The van der Waals surface area contributed by atoms with E-state index in [1.807, 2.05) is 97.1 Å². The molecule has 0 saturated heterocycles. The van der Waals surface area contributed by atoms with Gasteiger partial charge >= 0.3 is 0 Å². The van der Waals surface area contributed by atoms with Crippen LogP contribution in [0.2, 0.25) is 0 Å². The summed E-state index contributed by atoms with van der Waals surface area (Å²) in [6.45, 7) is 0. The average Bonchev–Trinajstić information content (AvgIpc) is 3.62. The fourth-order valence-electron chi connectivity index (χ4n) is 7.33. The van der Waals surface area contributed by atoms with Crippen molar-refractivity contribution in [3.05, 3.63) is 182 Å². The van der Waals surface area contributed by atoms with E-state index in [1.54, 1.807) is 0 Å². The zero-order valence-corrected chi connectivity index (χ0v) is 26.0. The molecule has 0 N–H and O–H groups in total. The Balaban J connectivity index is 1.42. The summed E-state index contributed by atoms with van der Waals surface area (Å²) in [7, 11) is 0. The predicted octanol–water partition coefficient (Wildman–Crippen LogP) is 13.7. The lowest BCUT2D eigenvalue weighted by Crippen LogP contribution is -1.93. The number of rotatable bonds is 4. The molecule has 1 nitrogen and oxygen atoms in total. The van der Waals surface area contributed by atoms with Crippen LogP contribution >= 0.6 is 0 Å². The molecule has 0 aliphatic rings. The summed E-state index contributed by atoms with van der Waals surface area (Å²) in [5, 5.41) is 6.90. The molecule has 0 fully saturated rings. The van der Waals surface area contributed by atoms with Gasteiger partial charge in [0.05, 0.1) is 12.3 Å². The second kappa shape index (κ2) is 11.1. The fourth-order valence-corrected chi connectivity index (χ4v) is 7.33. The third-order valence-electron chi connectivity index (χ3n) is 9.45. The van der Waals surface area contributed by atoms with E-state index in [1.165, 1.54) is 0 Å². The zero-order chi connectivity index (χ0) is 40.1. The van der Waals surface area contributed by atoms with Crippen LogP contribution in [0, 0.1) is 0 Å². The van der Waals surface area contributed by atoms with E-state index in [9.17, 15) is 2.74 Å². The first-order valence-electron chi connectivity index (χ1n) is 20.6. The van der Waals surface area contributed by atoms with E-state index < -0.39 is 48.3 Å². The summed E-state index contributed by atoms with van der Waals surface area (Å²) in [4.78, 5) is 0. The SMILES string of the molecule is [2H]c1c([2H])c([2H])c(-c2c([2H])c([2H])c([2H])c([2H])c2-c2c3ccccc3c(-c3cccc4oc5cc6ccccc6cc5c34)c3ccc(-c4ccccc4)cc23)c([2H])c1[2H]. The van der Waals surface area contributed by atoms with Crippen molar-refractivity contribution in [3.63, 3.8) is 0 Å². The topological polar surface area (TPSA) is 13.1 Å². The normalized spacial score (nSPS) is 14.2. The molecule has 1 heteroatoms. The van der Waals surface area contributed by atoms with Crippen LogP contribution in [0.3, 0.4) is 0 Å². The third kappa shape index (κ3) is 4.40. The van der Waals surface area contributed by atoms with Crippen LogP contribution in [-0.4, -0.2) is 0 Å². The van der Waals surface area contributed by atoms with Gasteiger partial charge in [-0.1, -0.05) is 158 Å². The van der Waals surface area contributed by atoms with Crippen LogP contribution in [0.4, 0.5) is 0 Å². The molecule has 9 aromatic carbocycles. The van der Waals surface area contributed by atoms with E-state index in [-0.39, 0.29) is 22.7 Å². The Hall–Kier alpha value is -6.44. The van der Waals surface area contributed by atoms with Gasteiger partial charge in [0.25, 0.3) is 0 Å². The smallest absolute Gasteiger partial charge is 0.136 e. The molecule has 0 bridgehead atoms. The molecule has 10 aromatic rings. The third-order valence-corrected chi connectivity index (χ3v) is 9.45. The van der Waals surface area contributed by atoms with Crippen molar-refractivity contribution in [2.24, 2.45) is 0 Å². The maximum absolute atomic E-state index is 9.52. The quantitative estimate of drug-likeness (QED) is 0.176. The van der Waals surface area contributed by atoms with Crippen LogP contribution in [0.15, 0.2) is 186 Å². The minimum Gasteiger partial charge on any atom is -0.456 e. The second-order valence-electron chi connectivity index (χ2n) is 12.1. The maximum Gasteiger partial charge on any atom is 0.136 e. The highest BCUT2D eigenvalue weighted by Gasteiger charge is 2.22. The first-order valence-corrected chi connectivity index (χ1v) is 16.1. The van der Waals surface area contributed by atoms with Crippen molar-refractivity contribution < 1.29 is 16.8 Å². The summed E-state index contributed by atoms with van der Waals surface area (Å²) in [5.74, 6) is 0. The highest BCUT2D eigenvalue weighted by atomic mass is 16.3. The van der Waals surface area contributed by atoms with Crippen molar-refractivity contribution in [3.8, 4) is 44.5 Å². The maximum atomic E-state index is 9.52. The molecule has 228 valence electrons. The van der Waals surface area contributed by atoms with Gasteiger partial charge in [-0.2, -0.15) is 0 Å². The van der Waals surface area contributed by atoms with Crippen molar-refractivity contribution in [2.75, 3.05) is 0 Å². The van der Waals surface area contributed by atoms with E-state index in [2.05, 4.69) is 30.3 Å². The Labute approximate surface area is 297 Å². The molecule has 1 aromatic heterocycles. The number of hydrogen-bond acceptors (Lipinski definition) is 1. The largest absolute Gasteiger partial charge is 0.456 e. The van der Waals surface area contributed by atoms with Crippen LogP contribution in [0.5, 0.6) is 0 Å². The van der Waals surface area contributed by atoms with Crippen LogP contribution in [-0.2, 0) is 0 Å². The first kappa shape index (κ1) is 20.0. The van der Waals surface area contributed by atoms with Crippen molar-refractivity contribution in [1.29, 1.82) is 0 Å². The summed E-state index contributed by atoms with van der Waals surface area (Å²) in [6, 6.07) is 37.1. The van der Waals surface area contributed by atoms with E-state index >= 15 is 0 Å². The van der Waals surface area contributed by atoms with Crippen molar-refractivity contribution in [1.82, 2.24) is 0 Å². The van der Waals surface area contributed by atoms with Gasteiger partial charge in [-0.05, 0) is 101 Å². The second-order valence-corrected chi connectivity index (χ2v) is 12.1. The van der Waals surface area contributed by atoms with Crippen LogP contribution in [0.25, 0.3) is 98.8 Å². The molecule has 0 unspecified atom stereocenters. The lowest BCUT2D eigenvalue weighted by Gasteiger charge is -2.21. The molecule has 0 aliphatic heterocycles. The number of fused-ring (bicyclic) bond motifs is 6. The van der Waals surface area contributed by atoms with Gasteiger partial charge in [0.2, 0.25) is 0 Å². The van der Waals surface area contributed by atoms with Crippen LogP contribution in [0.1, 0.15) is 12.3 Å². The van der Waals surface area contributed by atoms with Gasteiger partial charge < -0.3 is 4.42 Å². The van der Waals surface area contributed by atoms with Gasteiger partial charge in [0.15, 0.2) is 0 Å². The highest BCUT2D eigenvalue weighted by molar-refractivity contribution is 6.27. The van der Waals surface area contributed by atoms with Gasteiger partial charge in [-0.3, -0.25) is 0 Å². The number of benzene rings is 9. The van der Waals surface area contributed by atoms with Gasteiger partial charge in [0, 0.05) is 10.8 Å². The molecule has 0 radical (unpaired) electrons. The molecule has 0 atom stereocenters. The molecule has 0 amide bonds. The van der Waals surface area contributed by atoms with E-state index in [0.29, 0.717) is 21.9 Å². The van der Waals surface area contributed by atoms with Gasteiger partial charge in [-0.25, -0.2) is 0 Å². The first-order chi connectivity index (χ1) is 28.0. The molecular weight excluding hydrogens is 593 g/mol. The van der Waals surface area contributed by atoms with E-state index in [0.717, 1.165) is 60.2 Å². The standard InChI is InChI=1S/C48H30O/c1-3-14-31(15-4-1)35-26-27-40-42(28-35)47(37-21-10-9-20-36(37)32-16-5-2-6-17-32)39-23-12-11-22-38(39)46(40)41-24-13-25-44-48(41)43-29-33-18-7-8-19-34(33)30-45(43)49-44/h1-30H/i2D,5D,6D,9D,10D,16D,17D,20D,21D. The predicted molar refractivity (Wildman–Crippen MR) is 208 cm³/mol. The highest BCUT2D eigenvalue weighted by Crippen LogP contribution is 2.49. The fraction of sp³-hybridized carbons (Fsp3) is 0. The Bertz CT molecular complexity index is 3360. The molecule has 1 heterocycles. The Morgan fingerprint density at radius 2 is 1.02 bits per heavy atom. The monoisotopic (exact) mass is 631 g/mol. The summed E-state index contributed by atoms with van der Waals surface area (Å²) in [6.07, 6.45) is 0. The molecule has 0 aliphatic carbocycles. The Kier molecular flexibility index (Phi) is 4.53. The number of hydrogen-bond donors (Lipinski definition) is 0. The molecular formula is C48H30O.